The van der Waals surface area contributed by atoms with E-state index in [0.29, 0.717) is 78.2 Å². The van der Waals surface area contributed by atoms with Gasteiger partial charge in [-0.25, -0.2) is 0 Å². The number of allylic oxidation sites excluding steroid dienone is 1. The number of carbonyl (C=O) groups excluding carboxylic acids is 2. The Kier molecular flexibility index (Phi) is 9.68. The van der Waals surface area contributed by atoms with E-state index in [1.165, 1.54) is 5.57 Å². The highest BCUT2D eigenvalue weighted by atomic mass is 16.5. The highest BCUT2D eigenvalue weighted by Crippen LogP contribution is 2.43. The number of nitrogens with zero attached hydrogens (tertiary/aromatic N) is 4. The van der Waals surface area contributed by atoms with Gasteiger partial charge in [-0.3, -0.25) is 14.6 Å². The number of aliphatic hydroxyl groups is 1. The highest BCUT2D eigenvalue weighted by Gasteiger charge is 2.44. The number of aliphatic hydroxyl groups excluding tert-OH is 1. The number of amides is 2. The molecule has 0 aliphatic carbocycles. The largest absolute Gasteiger partial charge is 0.493 e. The Balaban J connectivity index is 1.06. The van der Waals surface area contributed by atoms with E-state index in [1.807, 2.05) is 42.9 Å². The van der Waals surface area contributed by atoms with E-state index in [0.717, 1.165) is 31.3 Å². The van der Waals surface area contributed by atoms with E-state index in [4.69, 9.17) is 18.9 Å². The fraction of sp³-hybridized carbons (Fsp3) is 0.486. The van der Waals surface area contributed by atoms with Gasteiger partial charge in [0.2, 0.25) is 0 Å². The van der Waals surface area contributed by atoms with Crippen LogP contribution in [0, 0.1) is 0 Å². The maximum Gasteiger partial charge on any atom is 0.257 e. The second-order valence-electron chi connectivity index (χ2n) is 13.1. The molecule has 11 heteroatoms. The second kappa shape index (κ2) is 13.9. The average molecular weight is 659 g/mol. The summed E-state index contributed by atoms with van der Waals surface area (Å²) in [5.41, 5.74) is 4.39. The molecular formula is C37H46N4O7. The zero-order valence-corrected chi connectivity index (χ0v) is 28.5. The van der Waals surface area contributed by atoms with Crippen LogP contribution >= 0.6 is 0 Å². The Morgan fingerprint density at radius 3 is 2.19 bits per heavy atom. The molecule has 4 aliphatic heterocycles. The van der Waals surface area contributed by atoms with E-state index in [-0.39, 0.29) is 29.9 Å². The number of ether oxygens (including phenoxy) is 4. The van der Waals surface area contributed by atoms with Crippen molar-refractivity contribution in [3.8, 4) is 23.0 Å². The third-order valence-corrected chi connectivity index (χ3v) is 9.65. The van der Waals surface area contributed by atoms with Gasteiger partial charge in [-0.15, -0.1) is 0 Å². The molecule has 4 aliphatic rings. The van der Waals surface area contributed by atoms with Crippen LogP contribution in [0.5, 0.6) is 23.0 Å². The fourth-order valence-corrected chi connectivity index (χ4v) is 7.10. The van der Waals surface area contributed by atoms with Crippen LogP contribution in [0.4, 0.5) is 11.4 Å². The third kappa shape index (κ3) is 6.23. The van der Waals surface area contributed by atoms with Crippen LogP contribution in [-0.4, -0.2) is 97.8 Å². The average Bonchev–Trinajstić information content (AvgIpc) is 3.64. The molecule has 6 rings (SSSR count). The maximum atomic E-state index is 13.6. The van der Waals surface area contributed by atoms with Crippen LogP contribution < -0.4 is 23.8 Å². The Labute approximate surface area is 282 Å². The van der Waals surface area contributed by atoms with Gasteiger partial charge in [-0.1, -0.05) is 23.8 Å². The molecule has 0 bridgehead atoms. The van der Waals surface area contributed by atoms with Crippen molar-refractivity contribution in [1.29, 1.82) is 0 Å². The molecule has 2 amide bonds. The van der Waals surface area contributed by atoms with Gasteiger partial charge in [0.1, 0.15) is 6.23 Å². The molecule has 0 radical (unpaired) electrons. The lowest BCUT2D eigenvalue weighted by molar-refractivity contribution is 0.0497. The van der Waals surface area contributed by atoms with Gasteiger partial charge in [0.05, 0.1) is 62.0 Å². The predicted octanol–water partition coefficient (Wildman–Crippen LogP) is 5.53. The fourth-order valence-electron chi connectivity index (χ4n) is 7.10. The van der Waals surface area contributed by atoms with Crippen molar-refractivity contribution in [2.24, 2.45) is 4.99 Å². The van der Waals surface area contributed by atoms with Gasteiger partial charge >= 0.3 is 0 Å². The van der Waals surface area contributed by atoms with Crippen LogP contribution in [0.1, 0.15) is 73.6 Å². The second-order valence-corrected chi connectivity index (χ2v) is 13.1. The minimum atomic E-state index is -0.870. The SMILES string of the molecule is C=C1C[C@H]2C(O)N(C(C)C)c3cc(OCCCCCOc4cc5c(cc4OC)C(=O)N4CC(=CC)C[C@H]4C=N5)c(OC)cc3C(=O)N2C1. The van der Waals surface area contributed by atoms with Crippen LogP contribution in [0.2, 0.25) is 0 Å². The van der Waals surface area contributed by atoms with Crippen molar-refractivity contribution >= 4 is 29.4 Å². The summed E-state index contributed by atoms with van der Waals surface area (Å²) >= 11 is 0. The Morgan fingerprint density at radius 1 is 0.896 bits per heavy atom. The molecule has 2 fully saturated rings. The lowest BCUT2D eigenvalue weighted by atomic mass is 10.1. The first kappa shape index (κ1) is 33.4. The third-order valence-electron chi connectivity index (χ3n) is 9.65. The molecule has 1 N–H and O–H groups in total. The molecule has 3 atom stereocenters. The minimum Gasteiger partial charge on any atom is -0.493 e. The Morgan fingerprint density at radius 2 is 1.54 bits per heavy atom. The number of fused-ring (bicyclic) bond motifs is 4. The molecule has 11 nitrogen and oxygen atoms in total. The summed E-state index contributed by atoms with van der Waals surface area (Å²) in [6.07, 6.45) is 6.82. The molecule has 4 heterocycles. The van der Waals surface area contributed by atoms with Gasteiger partial charge in [-0.05, 0) is 65.0 Å². The van der Waals surface area contributed by atoms with Gasteiger partial charge in [0.25, 0.3) is 11.8 Å². The molecule has 1 unspecified atom stereocenters. The van der Waals surface area contributed by atoms with E-state index >= 15 is 0 Å². The summed E-state index contributed by atoms with van der Waals surface area (Å²) < 4.78 is 23.5. The topological polar surface area (TPSA) is 113 Å². The number of methoxy groups -OCH3 is 2. The summed E-state index contributed by atoms with van der Waals surface area (Å²) in [4.78, 5) is 37.1. The summed E-state index contributed by atoms with van der Waals surface area (Å²) in [5, 5.41) is 11.4. The zero-order chi connectivity index (χ0) is 34.1. The predicted molar refractivity (Wildman–Crippen MR) is 184 cm³/mol. The number of benzene rings is 2. The summed E-state index contributed by atoms with van der Waals surface area (Å²) in [6, 6.07) is 6.60. The molecule has 2 aromatic rings. The van der Waals surface area contributed by atoms with Gasteiger partial charge in [-0.2, -0.15) is 0 Å². The van der Waals surface area contributed by atoms with E-state index in [2.05, 4.69) is 17.6 Å². The Hall–Kier alpha value is -4.51. The quantitative estimate of drug-likeness (QED) is 0.248. The van der Waals surface area contributed by atoms with Crippen molar-refractivity contribution in [3.63, 3.8) is 0 Å². The number of anilines is 1. The van der Waals surface area contributed by atoms with Crippen LogP contribution in [0.25, 0.3) is 0 Å². The number of hydrogen-bond acceptors (Lipinski definition) is 9. The van der Waals surface area contributed by atoms with Crippen molar-refractivity contribution in [1.82, 2.24) is 9.80 Å². The molecule has 256 valence electrons. The van der Waals surface area contributed by atoms with Crippen molar-refractivity contribution in [2.45, 2.75) is 77.2 Å². The minimum absolute atomic E-state index is 0.0405. The zero-order valence-electron chi connectivity index (χ0n) is 28.5. The first-order valence-corrected chi connectivity index (χ1v) is 16.8. The number of aliphatic imine (C=N–C) groups is 1. The van der Waals surface area contributed by atoms with E-state index in [1.54, 1.807) is 37.3 Å². The normalized spacial score (nSPS) is 22.4. The van der Waals surface area contributed by atoms with Gasteiger partial charge < -0.3 is 38.8 Å². The van der Waals surface area contributed by atoms with Crippen LogP contribution in [-0.2, 0) is 0 Å². The van der Waals surface area contributed by atoms with Crippen molar-refractivity contribution in [2.75, 3.05) is 45.4 Å². The molecule has 2 aromatic carbocycles. The number of carbonyl (C=O) groups is 2. The lowest BCUT2D eigenvalue weighted by Crippen LogP contribution is -2.50. The van der Waals surface area contributed by atoms with Crippen LogP contribution in [0.3, 0.4) is 0 Å². The van der Waals surface area contributed by atoms with Crippen molar-refractivity contribution in [3.05, 3.63) is 59.2 Å². The summed E-state index contributed by atoms with van der Waals surface area (Å²) in [5.74, 6) is 1.86. The lowest BCUT2D eigenvalue weighted by Gasteiger charge is -2.36. The standard InChI is InChI=1S/C37H46N4O7/c1-7-24-14-25-19-38-28-17-33(31(45-5)15-26(28)35(42)39(25)21-24)47-11-9-8-10-12-48-34-18-29-27(16-32(34)46-6)36(43)40-20-23(4)13-30(40)37(44)41(29)22(2)3/h7,15-19,22,25,30,37,44H,4,8-14,20-21H2,1-3,5-6H3/t25-,30-,37?/m0/s1. The highest BCUT2D eigenvalue weighted by molar-refractivity contribution is 6.04. The van der Waals surface area contributed by atoms with Gasteiger partial charge in [0.15, 0.2) is 23.0 Å². The summed E-state index contributed by atoms with van der Waals surface area (Å²) in [7, 11) is 3.13. The maximum absolute atomic E-state index is 13.6. The molecular weight excluding hydrogens is 612 g/mol. The Bertz CT molecular complexity index is 1650. The number of rotatable bonds is 11. The number of unbranched alkanes of at least 4 members (excludes halogenated alkanes) is 2. The molecule has 2 saturated heterocycles. The first-order chi connectivity index (χ1) is 23.1. The molecule has 48 heavy (non-hydrogen) atoms. The van der Waals surface area contributed by atoms with E-state index < -0.39 is 6.23 Å². The van der Waals surface area contributed by atoms with E-state index in [9.17, 15) is 14.7 Å². The molecule has 0 spiro atoms. The summed E-state index contributed by atoms with van der Waals surface area (Å²) in [6.45, 7) is 12.0. The number of hydrogen-bond donors (Lipinski definition) is 1. The molecule has 0 saturated carbocycles. The first-order valence-electron chi connectivity index (χ1n) is 16.8. The van der Waals surface area contributed by atoms with Crippen LogP contribution in [0.15, 0.2) is 53.1 Å². The monoisotopic (exact) mass is 658 g/mol. The van der Waals surface area contributed by atoms with Crippen molar-refractivity contribution < 1.29 is 33.6 Å². The smallest absolute Gasteiger partial charge is 0.257 e. The molecule has 0 aromatic heterocycles. The van der Waals surface area contributed by atoms with Gasteiger partial charge in [0, 0.05) is 37.5 Å².